The van der Waals surface area contributed by atoms with E-state index in [0.717, 1.165) is 5.56 Å². The molecule has 5 nitrogen and oxygen atoms in total. The molecule has 1 aromatic carbocycles. The lowest BCUT2D eigenvalue weighted by molar-refractivity contribution is -0.137. The van der Waals surface area contributed by atoms with Crippen LogP contribution in [0, 0.1) is 0 Å². The number of nitrogens with one attached hydrogen (secondary N) is 1. The Kier molecular flexibility index (Phi) is 6.21. The highest BCUT2D eigenvalue weighted by Crippen LogP contribution is 2.19. The molecule has 6 heteroatoms. The number of carbonyl (C=O) groups is 2. The number of rotatable bonds is 5. The van der Waals surface area contributed by atoms with Crippen LogP contribution < -0.4 is 5.32 Å². The minimum absolute atomic E-state index is 0.0111. The van der Waals surface area contributed by atoms with Gasteiger partial charge in [-0.05, 0) is 12.5 Å². The maximum absolute atomic E-state index is 12.8. The second-order valence-electron chi connectivity index (χ2n) is 5.26. The lowest BCUT2D eigenvalue weighted by Crippen LogP contribution is -2.46. The van der Waals surface area contributed by atoms with Crippen molar-refractivity contribution in [2.24, 2.45) is 0 Å². The summed E-state index contributed by atoms with van der Waals surface area (Å²) >= 11 is 5.76. The van der Waals surface area contributed by atoms with Crippen molar-refractivity contribution < 1.29 is 14.3 Å². The van der Waals surface area contributed by atoms with Gasteiger partial charge in [-0.15, -0.1) is 11.6 Å². The first kappa shape index (κ1) is 16.8. The van der Waals surface area contributed by atoms with E-state index in [0.29, 0.717) is 26.3 Å². The molecule has 2 amide bonds. The molecule has 0 radical (unpaired) electrons. The number of nitrogens with zero attached hydrogens (tertiary/aromatic N) is 1. The van der Waals surface area contributed by atoms with Gasteiger partial charge < -0.3 is 15.0 Å². The van der Waals surface area contributed by atoms with Crippen molar-refractivity contribution in [2.75, 3.05) is 32.8 Å². The largest absolute Gasteiger partial charge is 0.378 e. The van der Waals surface area contributed by atoms with Gasteiger partial charge in [-0.2, -0.15) is 0 Å². The SMILES string of the molecule is CC(Cl)C(=O)NCC(C(=O)N1CCOCC1)c1ccccc1. The zero-order valence-electron chi connectivity index (χ0n) is 12.6. The van der Waals surface area contributed by atoms with Gasteiger partial charge in [0.25, 0.3) is 0 Å². The van der Waals surface area contributed by atoms with Crippen LogP contribution >= 0.6 is 11.6 Å². The van der Waals surface area contributed by atoms with Crippen LogP contribution in [0.2, 0.25) is 0 Å². The number of carbonyl (C=O) groups excluding carboxylic acids is 2. The van der Waals surface area contributed by atoms with E-state index in [1.54, 1.807) is 11.8 Å². The third kappa shape index (κ3) is 4.45. The van der Waals surface area contributed by atoms with E-state index in [-0.39, 0.29) is 18.4 Å². The number of halogens is 1. The number of ether oxygens (including phenoxy) is 1. The molecule has 1 heterocycles. The van der Waals surface area contributed by atoms with Gasteiger partial charge in [0.1, 0.15) is 5.38 Å². The summed E-state index contributed by atoms with van der Waals surface area (Å²) in [5.41, 5.74) is 0.890. The normalized spacial score (nSPS) is 17.6. The lowest BCUT2D eigenvalue weighted by Gasteiger charge is -2.30. The molecule has 1 saturated heterocycles. The molecule has 0 aliphatic carbocycles. The van der Waals surface area contributed by atoms with Gasteiger partial charge in [0.15, 0.2) is 0 Å². The maximum Gasteiger partial charge on any atom is 0.237 e. The van der Waals surface area contributed by atoms with Crippen molar-refractivity contribution in [3.8, 4) is 0 Å². The van der Waals surface area contributed by atoms with Crippen LogP contribution in [0.4, 0.5) is 0 Å². The van der Waals surface area contributed by atoms with E-state index in [4.69, 9.17) is 16.3 Å². The quantitative estimate of drug-likeness (QED) is 0.832. The van der Waals surface area contributed by atoms with Crippen molar-refractivity contribution >= 4 is 23.4 Å². The Morgan fingerprint density at radius 3 is 2.50 bits per heavy atom. The van der Waals surface area contributed by atoms with Gasteiger partial charge in [-0.1, -0.05) is 30.3 Å². The molecule has 1 aliphatic heterocycles. The van der Waals surface area contributed by atoms with E-state index in [1.165, 1.54) is 0 Å². The predicted molar refractivity (Wildman–Crippen MR) is 84.9 cm³/mol. The standard InChI is InChI=1S/C16H21ClN2O3/c1-12(17)15(20)18-11-14(13-5-3-2-4-6-13)16(21)19-7-9-22-10-8-19/h2-6,12,14H,7-11H2,1H3,(H,18,20). The predicted octanol–water partition coefficient (Wildman–Crippen LogP) is 1.37. The zero-order valence-corrected chi connectivity index (χ0v) is 13.4. The van der Waals surface area contributed by atoms with Gasteiger partial charge in [0.2, 0.25) is 11.8 Å². The van der Waals surface area contributed by atoms with E-state index in [9.17, 15) is 9.59 Å². The fourth-order valence-corrected chi connectivity index (χ4v) is 2.46. The molecule has 1 N–H and O–H groups in total. The second kappa shape index (κ2) is 8.15. The summed E-state index contributed by atoms with van der Waals surface area (Å²) in [4.78, 5) is 26.2. The summed E-state index contributed by atoms with van der Waals surface area (Å²) in [7, 11) is 0. The summed E-state index contributed by atoms with van der Waals surface area (Å²) in [6.45, 7) is 4.13. The first-order valence-corrected chi connectivity index (χ1v) is 7.86. The minimum atomic E-state index is -0.616. The van der Waals surface area contributed by atoms with Gasteiger partial charge >= 0.3 is 0 Å². The maximum atomic E-state index is 12.8. The van der Waals surface area contributed by atoms with Crippen LogP contribution in [0.1, 0.15) is 18.4 Å². The van der Waals surface area contributed by atoms with E-state index < -0.39 is 11.3 Å². The average molecular weight is 325 g/mol. The molecule has 2 atom stereocenters. The zero-order chi connectivity index (χ0) is 15.9. The Labute approximate surface area is 135 Å². The molecular formula is C16H21ClN2O3. The molecule has 0 aromatic heterocycles. The summed E-state index contributed by atoms with van der Waals surface area (Å²) in [6.07, 6.45) is 0. The van der Waals surface area contributed by atoms with Crippen LogP contribution in [-0.4, -0.2) is 54.9 Å². The molecule has 1 aromatic rings. The van der Waals surface area contributed by atoms with Crippen molar-refractivity contribution in [1.82, 2.24) is 10.2 Å². The highest BCUT2D eigenvalue weighted by atomic mass is 35.5. The molecule has 2 unspecified atom stereocenters. The molecule has 2 rings (SSSR count). The van der Waals surface area contributed by atoms with Crippen molar-refractivity contribution in [3.63, 3.8) is 0 Å². The number of hydrogen-bond donors (Lipinski definition) is 1. The number of hydrogen-bond acceptors (Lipinski definition) is 3. The second-order valence-corrected chi connectivity index (χ2v) is 5.92. The monoisotopic (exact) mass is 324 g/mol. The van der Waals surface area contributed by atoms with Crippen molar-refractivity contribution in [3.05, 3.63) is 35.9 Å². The Morgan fingerprint density at radius 2 is 1.91 bits per heavy atom. The first-order chi connectivity index (χ1) is 10.6. The minimum Gasteiger partial charge on any atom is -0.378 e. The first-order valence-electron chi connectivity index (χ1n) is 7.43. The third-order valence-electron chi connectivity index (χ3n) is 3.66. The van der Waals surface area contributed by atoms with Crippen LogP contribution in [0.25, 0.3) is 0 Å². The Morgan fingerprint density at radius 1 is 1.27 bits per heavy atom. The van der Waals surface area contributed by atoms with Crippen LogP contribution in [-0.2, 0) is 14.3 Å². The molecule has 1 fully saturated rings. The summed E-state index contributed by atoms with van der Waals surface area (Å²) in [5.74, 6) is -0.659. The number of alkyl halides is 1. The van der Waals surface area contributed by atoms with Gasteiger partial charge in [0, 0.05) is 19.6 Å². The van der Waals surface area contributed by atoms with E-state index >= 15 is 0 Å². The van der Waals surface area contributed by atoms with Gasteiger partial charge in [-0.25, -0.2) is 0 Å². The molecule has 22 heavy (non-hydrogen) atoms. The number of amides is 2. The lowest BCUT2D eigenvalue weighted by atomic mass is 9.97. The summed E-state index contributed by atoms with van der Waals surface area (Å²) in [6, 6.07) is 9.49. The molecular weight excluding hydrogens is 304 g/mol. The molecule has 120 valence electrons. The molecule has 0 saturated carbocycles. The summed E-state index contributed by atoms with van der Waals surface area (Å²) in [5, 5.41) is 2.14. The van der Waals surface area contributed by atoms with Crippen molar-refractivity contribution in [1.29, 1.82) is 0 Å². The Bertz CT molecular complexity index is 501. The fraction of sp³-hybridized carbons (Fsp3) is 0.500. The highest BCUT2D eigenvalue weighted by molar-refractivity contribution is 6.30. The smallest absolute Gasteiger partial charge is 0.237 e. The van der Waals surface area contributed by atoms with Crippen LogP contribution in [0.5, 0.6) is 0 Å². The van der Waals surface area contributed by atoms with Crippen LogP contribution in [0.3, 0.4) is 0 Å². The summed E-state index contributed by atoms with van der Waals surface area (Å²) < 4.78 is 5.28. The molecule has 1 aliphatic rings. The number of benzene rings is 1. The average Bonchev–Trinajstić information content (AvgIpc) is 2.56. The number of morpholine rings is 1. The van der Waals surface area contributed by atoms with E-state index in [1.807, 2.05) is 30.3 Å². The highest BCUT2D eigenvalue weighted by Gasteiger charge is 2.27. The molecule has 0 bridgehead atoms. The van der Waals surface area contributed by atoms with E-state index in [2.05, 4.69) is 5.32 Å². The Hall–Kier alpha value is -1.59. The third-order valence-corrected chi connectivity index (χ3v) is 3.86. The van der Waals surface area contributed by atoms with Gasteiger partial charge in [-0.3, -0.25) is 9.59 Å². The van der Waals surface area contributed by atoms with Crippen molar-refractivity contribution in [2.45, 2.75) is 18.2 Å². The topological polar surface area (TPSA) is 58.6 Å². The fourth-order valence-electron chi connectivity index (χ4n) is 2.38. The molecule has 0 spiro atoms. The Balaban J connectivity index is 2.10. The van der Waals surface area contributed by atoms with Gasteiger partial charge in [0.05, 0.1) is 19.1 Å². The van der Waals surface area contributed by atoms with Crippen LogP contribution in [0.15, 0.2) is 30.3 Å².